The monoisotopic (exact) mass is 426 g/mol. The van der Waals surface area contributed by atoms with E-state index in [9.17, 15) is 14.0 Å². The summed E-state index contributed by atoms with van der Waals surface area (Å²) in [4.78, 5) is 31.7. The number of carbonyl (C=O) groups excluding carboxylic acids is 1. The second-order valence-electron chi connectivity index (χ2n) is 9.24. The van der Waals surface area contributed by atoms with E-state index in [1.807, 2.05) is 53.7 Å². The van der Waals surface area contributed by atoms with Crippen molar-refractivity contribution in [2.24, 2.45) is 5.92 Å². The fraction of sp³-hybridized carbons (Fsp3) is 0.500. The Morgan fingerprint density at radius 1 is 1.10 bits per heavy atom. The van der Waals surface area contributed by atoms with Crippen LogP contribution in [0.5, 0.6) is 0 Å². The SMILES string of the molecule is CN(C)C[C@H]1[C@H]2C[C@H](CN(C(=O)CN(C)Cc3ccccc3F)C2)c2cccc(=O)n21. The van der Waals surface area contributed by atoms with E-state index in [1.54, 1.807) is 18.2 Å². The molecular weight excluding hydrogens is 395 g/mol. The lowest BCUT2D eigenvalue weighted by atomic mass is 9.78. The summed E-state index contributed by atoms with van der Waals surface area (Å²) in [6, 6.07) is 12.2. The van der Waals surface area contributed by atoms with E-state index in [-0.39, 0.29) is 41.7 Å². The molecule has 0 unspecified atom stereocenters. The zero-order valence-corrected chi connectivity index (χ0v) is 18.5. The predicted octanol–water partition coefficient (Wildman–Crippen LogP) is 2.17. The molecule has 2 aromatic rings. The topological polar surface area (TPSA) is 48.8 Å². The summed E-state index contributed by atoms with van der Waals surface area (Å²) in [5, 5.41) is 0. The molecule has 31 heavy (non-hydrogen) atoms. The summed E-state index contributed by atoms with van der Waals surface area (Å²) >= 11 is 0. The lowest BCUT2D eigenvalue weighted by molar-refractivity contribution is -0.135. The average Bonchev–Trinajstić information content (AvgIpc) is 2.72. The van der Waals surface area contributed by atoms with Gasteiger partial charge in [0.05, 0.1) is 12.6 Å². The van der Waals surface area contributed by atoms with E-state index in [4.69, 9.17) is 0 Å². The lowest BCUT2D eigenvalue weighted by Gasteiger charge is -2.47. The minimum Gasteiger partial charge on any atom is -0.341 e. The molecule has 3 heterocycles. The normalized spacial score (nSPS) is 22.6. The van der Waals surface area contributed by atoms with Gasteiger partial charge in [-0.15, -0.1) is 0 Å². The van der Waals surface area contributed by atoms with Gasteiger partial charge in [0.15, 0.2) is 0 Å². The van der Waals surface area contributed by atoms with E-state index in [2.05, 4.69) is 4.90 Å². The molecule has 7 heteroatoms. The van der Waals surface area contributed by atoms with Crippen molar-refractivity contribution in [3.8, 4) is 0 Å². The molecule has 2 aliphatic heterocycles. The van der Waals surface area contributed by atoms with E-state index < -0.39 is 0 Å². The van der Waals surface area contributed by atoms with Gasteiger partial charge in [0.1, 0.15) is 5.82 Å². The van der Waals surface area contributed by atoms with Crippen molar-refractivity contribution in [2.75, 3.05) is 47.3 Å². The number of fused-ring (bicyclic) bond motifs is 4. The number of pyridine rings is 1. The van der Waals surface area contributed by atoms with Crippen LogP contribution in [0.4, 0.5) is 4.39 Å². The van der Waals surface area contributed by atoms with Crippen molar-refractivity contribution in [1.82, 2.24) is 19.3 Å². The molecule has 1 amide bonds. The molecule has 0 radical (unpaired) electrons. The highest BCUT2D eigenvalue weighted by molar-refractivity contribution is 5.78. The van der Waals surface area contributed by atoms with E-state index in [0.29, 0.717) is 25.2 Å². The second-order valence-corrected chi connectivity index (χ2v) is 9.24. The quantitative estimate of drug-likeness (QED) is 0.711. The van der Waals surface area contributed by atoms with Crippen molar-refractivity contribution in [2.45, 2.75) is 24.9 Å². The minimum absolute atomic E-state index is 0.0449. The van der Waals surface area contributed by atoms with Crippen molar-refractivity contribution >= 4 is 5.91 Å². The third kappa shape index (κ3) is 4.57. The Morgan fingerprint density at radius 2 is 1.87 bits per heavy atom. The molecule has 0 N–H and O–H groups in total. The Balaban J connectivity index is 1.50. The van der Waals surface area contributed by atoms with Gasteiger partial charge in [-0.2, -0.15) is 0 Å². The molecule has 1 fully saturated rings. The first-order valence-corrected chi connectivity index (χ1v) is 10.9. The summed E-state index contributed by atoms with van der Waals surface area (Å²) in [6.45, 7) is 2.68. The third-order valence-corrected chi connectivity index (χ3v) is 6.51. The Kier molecular flexibility index (Phi) is 6.25. The molecule has 2 aliphatic rings. The lowest BCUT2D eigenvalue weighted by Crippen LogP contribution is -2.54. The smallest absolute Gasteiger partial charge is 0.251 e. The van der Waals surface area contributed by atoms with Gasteiger partial charge >= 0.3 is 0 Å². The van der Waals surface area contributed by atoms with Crippen LogP contribution in [0.15, 0.2) is 47.3 Å². The zero-order chi connectivity index (χ0) is 22.1. The molecule has 166 valence electrons. The van der Waals surface area contributed by atoms with Crippen molar-refractivity contribution in [3.05, 3.63) is 69.9 Å². The predicted molar refractivity (Wildman–Crippen MR) is 118 cm³/mol. The number of likely N-dealkylation sites (tertiary alicyclic amines) is 1. The van der Waals surface area contributed by atoms with Gasteiger partial charge in [-0.25, -0.2) is 4.39 Å². The van der Waals surface area contributed by atoms with Crippen molar-refractivity contribution in [1.29, 1.82) is 0 Å². The van der Waals surface area contributed by atoms with Gasteiger partial charge in [0.2, 0.25) is 5.91 Å². The van der Waals surface area contributed by atoms with Gasteiger partial charge in [-0.1, -0.05) is 24.3 Å². The first-order valence-electron chi connectivity index (χ1n) is 10.9. The summed E-state index contributed by atoms with van der Waals surface area (Å²) in [5.41, 5.74) is 1.67. The van der Waals surface area contributed by atoms with Crippen LogP contribution < -0.4 is 5.56 Å². The molecule has 0 saturated carbocycles. The number of nitrogens with zero attached hydrogens (tertiary/aromatic N) is 4. The molecule has 2 bridgehead atoms. The standard InChI is InChI=1S/C24H31FN4O2/c1-26(2)15-22-19-11-18(21-9-6-10-23(30)29(21)22)13-28(14-19)24(31)16-27(3)12-17-7-4-5-8-20(17)25/h4-10,18-19,22H,11-16H2,1-3H3/t18-,19+,22+/m1/s1. The van der Waals surface area contributed by atoms with Crippen LogP contribution in [0.1, 0.15) is 29.6 Å². The van der Waals surface area contributed by atoms with Crippen molar-refractivity contribution < 1.29 is 9.18 Å². The number of halogens is 1. The van der Waals surface area contributed by atoms with E-state index >= 15 is 0 Å². The Labute approximate surface area is 182 Å². The maximum atomic E-state index is 14.0. The number of likely N-dealkylation sites (N-methyl/N-ethyl adjacent to an activating group) is 2. The highest BCUT2D eigenvalue weighted by Gasteiger charge is 2.41. The van der Waals surface area contributed by atoms with Crippen LogP contribution in [-0.2, 0) is 11.3 Å². The maximum Gasteiger partial charge on any atom is 0.251 e. The first kappa shape index (κ1) is 21.7. The Hall–Kier alpha value is -2.51. The molecule has 0 aliphatic carbocycles. The molecule has 4 rings (SSSR count). The average molecular weight is 427 g/mol. The van der Waals surface area contributed by atoms with E-state index in [1.165, 1.54) is 6.07 Å². The Bertz CT molecular complexity index is 1010. The first-order chi connectivity index (χ1) is 14.8. The zero-order valence-electron chi connectivity index (χ0n) is 18.5. The Morgan fingerprint density at radius 3 is 2.61 bits per heavy atom. The van der Waals surface area contributed by atoms with Crippen LogP contribution in [-0.4, -0.2) is 72.5 Å². The number of piperidine rings is 1. The second kappa shape index (κ2) is 8.93. The molecular formula is C24H31FN4O2. The number of hydrogen-bond donors (Lipinski definition) is 0. The molecule has 3 atom stereocenters. The van der Waals surface area contributed by atoms with Gasteiger partial charge < -0.3 is 14.4 Å². The minimum atomic E-state index is -0.247. The third-order valence-electron chi connectivity index (χ3n) is 6.51. The van der Waals surface area contributed by atoms with Crippen LogP contribution >= 0.6 is 0 Å². The molecule has 1 aromatic heterocycles. The van der Waals surface area contributed by atoms with Gasteiger partial charge in [0, 0.05) is 49.4 Å². The fourth-order valence-electron chi connectivity index (χ4n) is 5.16. The highest BCUT2D eigenvalue weighted by atomic mass is 19.1. The fourth-order valence-corrected chi connectivity index (χ4v) is 5.16. The maximum absolute atomic E-state index is 14.0. The van der Waals surface area contributed by atoms with Crippen molar-refractivity contribution in [3.63, 3.8) is 0 Å². The number of carbonyl (C=O) groups is 1. The number of rotatable bonds is 6. The van der Waals surface area contributed by atoms with Crippen LogP contribution in [0.3, 0.4) is 0 Å². The summed E-state index contributed by atoms with van der Waals surface area (Å²) < 4.78 is 15.9. The van der Waals surface area contributed by atoms with Crippen LogP contribution in [0.2, 0.25) is 0 Å². The number of amides is 1. The number of hydrogen-bond acceptors (Lipinski definition) is 4. The summed E-state index contributed by atoms with van der Waals surface area (Å²) in [7, 11) is 5.88. The summed E-state index contributed by atoms with van der Waals surface area (Å²) in [5.74, 6) is 0.230. The molecule has 0 spiro atoms. The van der Waals surface area contributed by atoms with Gasteiger partial charge in [-0.3, -0.25) is 14.5 Å². The van der Waals surface area contributed by atoms with Crippen LogP contribution in [0.25, 0.3) is 0 Å². The largest absolute Gasteiger partial charge is 0.341 e. The summed E-state index contributed by atoms with van der Waals surface area (Å²) in [6.07, 6.45) is 0.997. The van der Waals surface area contributed by atoms with Gasteiger partial charge in [0.25, 0.3) is 5.56 Å². The highest BCUT2D eigenvalue weighted by Crippen LogP contribution is 2.41. The number of aromatic nitrogens is 1. The molecule has 6 nitrogen and oxygen atoms in total. The number of benzene rings is 1. The van der Waals surface area contributed by atoms with Crippen LogP contribution in [0, 0.1) is 11.7 Å². The van der Waals surface area contributed by atoms with E-state index in [0.717, 1.165) is 18.7 Å². The molecule has 1 aromatic carbocycles. The van der Waals surface area contributed by atoms with Gasteiger partial charge in [-0.05, 0) is 45.6 Å². The molecule has 1 saturated heterocycles.